The molecule has 2 amide bonds. The second-order valence-electron chi connectivity index (χ2n) is 11.2. The number of rotatable bonds is 1. The van der Waals surface area contributed by atoms with Crippen LogP contribution in [0.1, 0.15) is 66.8 Å². The Balaban J connectivity index is 1.55. The molecule has 3 aromatic rings. The summed E-state index contributed by atoms with van der Waals surface area (Å²) in [4.78, 5) is 27.6. The maximum absolute atomic E-state index is 13.2. The third-order valence-corrected chi connectivity index (χ3v) is 9.79. The summed E-state index contributed by atoms with van der Waals surface area (Å²) in [6.45, 7) is 1.49. The number of hydrogen-bond donors (Lipinski definition) is 2. The Morgan fingerprint density at radius 1 is 1.00 bits per heavy atom. The first-order valence-electron chi connectivity index (χ1n) is 14.2. The van der Waals surface area contributed by atoms with Gasteiger partial charge in [0.05, 0.1) is 18.0 Å². The Bertz CT molecular complexity index is 1560. The van der Waals surface area contributed by atoms with E-state index in [1.807, 2.05) is 37.4 Å². The Morgan fingerprint density at radius 3 is 2.62 bits per heavy atom. The largest absolute Gasteiger partial charge is 0.473 e. The standard InChI is InChI=1S/C30H36N4O5S/c1-33-16-15-31-26(35)12-7-17-40(37,38)32-30(36)21-13-14-22-24(18-21)34-19-27(33)39-25-11-6-5-10-23(25)29(34)28(22)20-8-3-2-4-9-20/h5-6,10-11,13-14,18,20,27H,2-4,7-9,12,15-17,19H2,1H3,(H,31,35)(H,32,36)/t27-/m0/s1. The van der Waals surface area contributed by atoms with E-state index in [4.69, 9.17) is 4.74 Å². The van der Waals surface area contributed by atoms with E-state index < -0.39 is 15.9 Å². The zero-order valence-electron chi connectivity index (χ0n) is 22.8. The molecule has 212 valence electrons. The van der Waals surface area contributed by atoms with E-state index in [1.54, 1.807) is 6.07 Å². The molecule has 2 aromatic carbocycles. The summed E-state index contributed by atoms with van der Waals surface area (Å²) in [7, 11) is -1.90. The summed E-state index contributed by atoms with van der Waals surface area (Å²) in [6.07, 6.45) is 5.71. The van der Waals surface area contributed by atoms with Crippen molar-refractivity contribution in [3.8, 4) is 17.0 Å². The molecule has 1 atom stereocenters. The normalized spacial score (nSPS) is 22.7. The van der Waals surface area contributed by atoms with Gasteiger partial charge in [-0.1, -0.05) is 37.5 Å². The average Bonchev–Trinajstić information content (AvgIpc) is 3.14. The summed E-state index contributed by atoms with van der Waals surface area (Å²) in [5.74, 6) is 0.0187. The lowest BCUT2D eigenvalue weighted by Crippen LogP contribution is -2.43. The quantitative estimate of drug-likeness (QED) is 0.463. The number of sulfonamides is 1. The van der Waals surface area contributed by atoms with Crippen LogP contribution in [0.3, 0.4) is 0 Å². The molecule has 3 aliphatic rings. The van der Waals surface area contributed by atoms with Gasteiger partial charge in [0.15, 0.2) is 6.23 Å². The molecule has 4 bridgehead atoms. The van der Waals surface area contributed by atoms with E-state index in [2.05, 4.69) is 25.6 Å². The van der Waals surface area contributed by atoms with Crippen LogP contribution < -0.4 is 14.8 Å². The van der Waals surface area contributed by atoms with Gasteiger partial charge in [-0.25, -0.2) is 13.1 Å². The van der Waals surface area contributed by atoms with E-state index in [0.717, 1.165) is 40.8 Å². The fourth-order valence-corrected chi connectivity index (χ4v) is 7.44. The van der Waals surface area contributed by atoms with Crippen molar-refractivity contribution >= 4 is 32.7 Å². The number of nitrogens with zero attached hydrogens (tertiary/aromatic N) is 2. The minimum absolute atomic E-state index is 0.0663. The molecule has 3 heterocycles. The lowest BCUT2D eigenvalue weighted by Gasteiger charge is -2.28. The number of likely N-dealkylation sites (N-methyl/N-ethyl adjacent to an activating group) is 1. The first-order valence-corrected chi connectivity index (χ1v) is 15.9. The van der Waals surface area contributed by atoms with Crippen molar-refractivity contribution in [1.29, 1.82) is 0 Å². The van der Waals surface area contributed by atoms with E-state index in [9.17, 15) is 18.0 Å². The molecule has 2 aliphatic heterocycles. The summed E-state index contributed by atoms with van der Waals surface area (Å²) >= 11 is 0. The second kappa shape index (κ2) is 10.9. The van der Waals surface area contributed by atoms with E-state index in [-0.39, 0.29) is 36.3 Å². The number of hydrogen-bond acceptors (Lipinski definition) is 6. The molecule has 1 aromatic heterocycles. The number of amides is 2. The van der Waals surface area contributed by atoms with Crippen molar-refractivity contribution in [2.24, 2.45) is 0 Å². The molecule has 1 fully saturated rings. The average molecular weight is 565 g/mol. The Hall–Kier alpha value is -3.37. The van der Waals surface area contributed by atoms with Crippen LogP contribution in [0.15, 0.2) is 42.5 Å². The van der Waals surface area contributed by atoms with Gasteiger partial charge in [-0.3, -0.25) is 14.5 Å². The Kier molecular flexibility index (Phi) is 7.31. The van der Waals surface area contributed by atoms with Gasteiger partial charge < -0.3 is 14.6 Å². The molecular weight excluding hydrogens is 528 g/mol. The molecule has 10 heteroatoms. The molecule has 1 aliphatic carbocycles. The summed E-state index contributed by atoms with van der Waals surface area (Å²) in [6, 6.07) is 13.7. The molecule has 0 unspecified atom stereocenters. The number of carbonyl (C=O) groups is 2. The van der Waals surface area contributed by atoms with Crippen molar-refractivity contribution < 1.29 is 22.7 Å². The van der Waals surface area contributed by atoms with Crippen LogP contribution in [-0.4, -0.2) is 61.8 Å². The highest BCUT2D eigenvalue weighted by Crippen LogP contribution is 2.47. The van der Waals surface area contributed by atoms with Crippen molar-refractivity contribution in [2.45, 2.75) is 63.6 Å². The van der Waals surface area contributed by atoms with Gasteiger partial charge >= 0.3 is 0 Å². The number of nitrogens with one attached hydrogen (secondary N) is 2. The fourth-order valence-electron chi connectivity index (χ4n) is 6.41. The maximum Gasteiger partial charge on any atom is 0.264 e. The molecule has 40 heavy (non-hydrogen) atoms. The zero-order chi connectivity index (χ0) is 27.9. The van der Waals surface area contributed by atoms with Crippen molar-refractivity contribution in [2.75, 3.05) is 25.9 Å². The lowest BCUT2D eigenvalue weighted by molar-refractivity contribution is -0.121. The third kappa shape index (κ3) is 5.22. The predicted octanol–water partition coefficient (Wildman–Crippen LogP) is 3.98. The fraction of sp³-hybridized carbons (Fsp3) is 0.467. The van der Waals surface area contributed by atoms with Crippen LogP contribution in [0.5, 0.6) is 5.75 Å². The van der Waals surface area contributed by atoms with Crippen molar-refractivity contribution in [1.82, 2.24) is 19.5 Å². The van der Waals surface area contributed by atoms with Crippen molar-refractivity contribution in [3.63, 3.8) is 0 Å². The number of aromatic nitrogens is 1. The minimum Gasteiger partial charge on any atom is -0.473 e. The topological polar surface area (TPSA) is 110 Å². The highest BCUT2D eigenvalue weighted by molar-refractivity contribution is 7.90. The Labute approximate surface area is 234 Å². The van der Waals surface area contributed by atoms with Gasteiger partial charge in [0, 0.05) is 41.5 Å². The number of ether oxygens (including phenoxy) is 1. The van der Waals surface area contributed by atoms with E-state index >= 15 is 0 Å². The van der Waals surface area contributed by atoms with Crippen LogP contribution in [-0.2, 0) is 21.4 Å². The second-order valence-corrected chi connectivity index (χ2v) is 13.0. The van der Waals surface area contributed by atoms with E-state index in [1.165, 1.54) is 24.8 Å². The van der Waals surface area contributed by atoms with Crippen LogP contribution in [0, 0.1) is 0 Å². The SMILES string of the molecule is CN1CCNC(=O)CCCS(=O)(=O)NC(=O)c2ccc3c(C4CCCCC4)c4n(c3c2)C[C@@H]1Oc1ccccc1-4. The van der Waals surface area contributed by atoms with Gasteiger partial charge in [0.1, 0.15) is 5.75 Å². The maximum atomic E-state index is 13.2. The van der Waals surface area contributed by atoms with Gasteiger partial charge in [0.25, 0.3) is 5.91 Å². The summed E-state index contributed by atoms with van der Waals surface area (Å²) in [5, 5.41) is 3.99. The smallest absolute Gasteiger partial charge is 0.264 e. The third-order valence-electron chi connectivity index (χ3n) is 8.47. The predicted molar refractivity (Wildman–Crippen MR) is 154 cm³/mol. The van der Waals surface area contributed by atoms with Gasteiger partial charge in [-0.05, 0) is 62.1 Å². The molecule has 0 radical (unpaired) electrons. The highest BCUT2D eigenvalue weighted by Gasteiger charge is 2.33. The van der Waals surface area contributed by atoms with Crippen molar-refractivity contribution in [3.05, 3.63) is 53.6 Å². The molecule has 0 spiro atoms. The first-order chi connectivity index (χ1) is 19.3. The number of carbonyl (C=O) groups excluding carboxylic acids is 2. The van der Waals surface area contributed by atoms with Crippen LogP contribution in [0.2, 0.25) is 0 Å². The van der Waals surface area contributed by atoms with Crippen LogP contribution in [0.25, 0.3) is 22.2 Å². The molecule has 9 nitrogen and oxygen atoms in total. The zero-order valence-corrected chi connectivity index (χ0v) is 23.6. The lowest BCUT2D eigenvalue weighted by atomic mass is 9.81. The minimum atomic E-state index is -3.89. The highest BCUT2D eigenvalue weighted by atomic mass is 32.2. The van der Waals surface area contributed by atoms with Gasteiger partial charge in [0.2, 0.25) is 15.9 Å². The van der Waals surface area contributed by atoms with Crippen LogP contribution in [0.4, 0.5) is 0 Å². The summed E-state index contributed by atoms with van der Waals surface area (Å²) in [5.41, 5.74) is 4.61. The van der Waals surface area contributed by atoms with Gasteiger partial charge in [-0.2, -0.15) is 0 Å². The molecule has 6 rings (SSSR count). The molecular formula is C30H36N4O5S. The Morgan fingerprint density at radius 2 is 1.80 bits per heavy atom. The molecule has 1 saturated carbocycles. The number of benzene rings is 2. The number of para-hydroxylation sites is 1. The summed E-state index contributed by atoms with van der Waals surface area (Å²) < 4.78 is 36.4. The number of fused-ring (bicyclic) bond motifs is 4. The first kappa shape index (κ1) is 26.8. The van der Waals surface area contributed by atoms with E-state index in [0.29, 0.717) is 25.6 Å². The molecule has 2 N–H and O–H groups in total. The molecule has 0 saturated heterocycles. The monoisotopic (exact) mass is 564 g/mol. The van der Waals surface area contributed by atoms with Crippen LogP contribution >= 0.6 is 0 Å². The van der Waals surface area contributed by atoms with Gasteiger partial charge in [-0.15, -0.1) is 0 Å².